The molecule has 2 aromatic rings. The number of hydrogen-bond donors (Lipinski definition) is 1. The maximum absolute atomic E-state index is 10.7. The van der Waals surface area contributed by atoms with E-state index in [1.807, 2.05) is 0 Å². The highest BCUT2D eigenvalue weighted by molar-refractivity contribution is 5.54. The highest BCUT2D eigenvalue weighted by Gasteiger charge is 2.12. The highest BCUT2D eigenvalue weighted by atomic mass is 16.6. The summed E-state index contributed by atoms with van der Waals surface area (Å²) in [6.07, 6.45) is 0. The smallest absolute Gasteiger partial charge is 0.271 e. The predicted molar refractivity (Wildman–Crippen MR) is 79.6 cm³/mol. The van der Waals surface area contributed by atoms with Gasteiger partial charge in [-0.05, 0) is 19.9 Å². The number of nitro benzene ring substituents is 1. The second-order valence-electron chi connectivity index (χ2n) is 4.23. The van der Waals surface area contributed by atoms with Crippen molar-refractivity contribution in [3.8, 4) is 5.88 Å². The van der Waals surface area contributed by atoms with Crippen molar-refractivity contribution in [1.29, 1.82) is 0 Å². The summed E-state index contributed by atoms with van der Waals surface area (Å²) in [5, 5.41) is 18.7. The number of nitro groups is 1. The molecule has 2 N–H and O–H groups in total. The van der Waals surface area contributed by atoms with Gasteiger partial charge < -0.3 is 10.5 Å². The summed E-state index contributed by atoms with van der Waals surface area (Å²) >= 11 is 0. The fourth-order valence-corrected chi connectivity index (χ4v) is 1.69. The van der Waals surface area contributed by atoms with E-state index in [1.165, 1.54) is 18.2 Å². The average molecular weight is 302 g/mol. The fourth-order valence-electron chi connectivity index (χ4n) is 1.69. The SMILES string of the molecule is CCOc1nc(N)nc(C)c1N=Nc1cccc([N+](=O)[O-])c1. The van der Waals surface area contributed by atoms with Gasteiger partial charge in [-0.1, -0.05) is 6.07 Å². The lowest BCUT2D eigenvalue weighted by atomic mass is 10.3. The number of aromatic nitrogens is 2. The van der Waals surface area contributed by atoms with Crippen molar-refractivity contribution in [2.45, 2.75) is 13.8 Å². The van der Waals surface area contributed by atoms with Gasteiger partial charge >= 0.3 is 0 Å². The molecule has 1 aromatic carbocycles. The van der Waals surface area contributed by atoms with Crippen LogP contribution in [0.25, 0.3) is 0 Å². The molecule has 0 radical (unpaired) electrons. The van der Waals surface area contributed by atoms with E-state index in [1.54, 1.807) is 19.9 Å². The second-order valence-corrected chi connectivity index (χ2v) is 4.23. The highest BCUT2D eigenvalue weighted by Crippen LogP contribution is 2.31. The number of ether oxygens (including phenoxy) is 1. The van der Waals surface area contributed by atoms with Gasteiger partial charge in [0.1, 0.15) is 0 Å². The Hall–Kier alpha value is -3.10. The minimum atomic E-state index is -0.498. The Morgan fingerprint density at radius 1 is 1.36 bits per heavy atom. The van der Waals surface area contributed by atoms with Crippen molar-refractivity contribution in [1.82, 2.24) is 9.97 Å². The second kappa shape index (κ2) is 6.57. The van der Waals surface area contributed by atoms with Crippen LogP contribution in [0.4, 0.5) is 23.0 Å². The molecule has 0 aliphatic rings. The summed E-state index contributed by atoms with van der Waals surface area (Å²) < 4.78 is 5.36. The monoisotopic (exact) mass is 302 g/mol. The maximum atomic E-state index is 10.7. The molecule has 0 aliphatic heterocycles. The zero-order valence-electron chi connectivity index (χ0n) is 12.1. The summed E-state index contributed by atoms with van der Waals surface area (Å²) in [7, 11) is 0. The Labute approximate surface area is 126 Å². The maximum Gasteiger partial charge on any atom is 0.271 e. The first kappa shape index (κ1) is 15.3. The third-order valence-corrected chi connectivity index (χ3v) is 2.63. The number of nitrogens with zero attached hydrogens (tertiary/aromatic N) is 5. The third kappa shape index (κ3) is 3.51. The molecule has 0 saturated carbocycles. The zero-order chi connectivity index (χ0) is 16.1. The van der Waals surface area contributed by atoms with Crippen molar-refractivity contribution in [2.24, 2.45) is 10.2 Å². The van der Waals surface area contributed by atoms with Gasteiger partial charge in [-0.2, -0.15) is 10.1 Å². The number of aryl methyl sites for hydroxylation is 1. The molecule has 0 atom stereocenters. The summed E-state index contributed by atoms with van der Waals surface area (Å²) in [5.41, 5.74) is 6.69. The first-order valence-corrected chi connectivity index (χ1v) is 6.44. The number of nitrogen functional groups attached to an aromatic ring is 1. The Morgan fingerprint density at radius 3 is 2.82 bits per heavy atom. The minimum Gasteiger partial charge on any atom is -0.476 e. The molecular formula is C13H14N6O3. The van der Waals surface area contributed by atoms with E-state index in [0.717, 1.165) is 0 Å². The number of rotatable bonds is 5. The normalized spacial score (nSPS) is 10.8. The largest absolute Gasteiger partial charge is 0.476 e. The van der Waals surface area contributed by atoms with Gasteiger partial charge in [0.25, 0.3) is 5.69 Å². The van der Waals surface area contributed by atoms with E-state index in [9.17, 15) is 10.1 Å². The molecule has 0 bridgehead atoms. The van der Waals surface area contributed by atoms with Crippen molar-refractivity contribution < 1.29 is 9.66 Å². The molecule has 22 heavy (non-hydrogen) atoms. The van der Waals surface area contributed by atoms with Gasteiger partial charge in [0, 0.05) is 12.1 Å². The Morgan fingerprint density at radius 2 is 2.14 bits per heavy atom. The standard InChI is InChI=1S/C13H14N6O3/c1-3-22-12-11(8(2)15-13(14)16-12)18-17-9-5-4-6-10(7-9)19(20)21/h4-7H,3H2,1-2H3,(H2,14,15,16). The van der Waals surface area contributed by atoms with Gasteiger partial charge in [0.2, 0.25) is 11.8 Å². The number of azo groups is 1. The number of hydrogen-bond acceptors (Lipinski definition) is 8. The molecule has 0 fully saturated rings. The minimum absolute atomic E-state index is 0.0632. The van der Waals surface area contributed by atoms with Crippen LogP contribution in [-0.2, 0) is 0 Å². The molecular weight excluding hydrogens is 288 g/mol. The first-order valence-electron chi connectivity index (χ1n) is 6.44. The number of benzene rings is 1. The Kier molecular flexibility index (Phi) is 4.57. The Bertz CT molecular complexity index is 732. The average Bonchev–Trinajstić information content (AvgIpc) is 2.47. The van der Waals surface area contributed by atoms with E-state index < -0.39 is 4.92 Å². The molecule has 9 heteroatoms. The van der Waals surface area contributed by atoms with Gasteiger partial charge in [-0.15, -0.1) is 5.11 Å². The van der Waals surface area contributed by atoms with Crippen LogP contribution >= 0.6 is 0 Å². The molecule has 1 aromatic heterocycles. The lowest BCUT2D eigenvalue weighted by Crippen LogP contribution is -2.02. The van der Waals surface area contributed by atoms with Crippen molar-refractivity contribution in [3.63, 3.8) is 0 Å². The zero-order valence-corrected chi connectivity index (χ0v) is 12.1. The van der Waals surface area contributed by atoms with Gasteiger partial charge in [-0.3, -0.25) is 10.1 Å². The molecule has 0 unspecified atom stereocenters. The summed E-state index contributed by atoms with van der Waals surface area (Å²) in [4.78, 5) is 18.2. The van der Waals surface area contributed by atoms with Crippen molar-refractivity contribution in [2.75, 3.05) is 12.3 Å². The van der Waals surface area contributed by atoms with Crippen LogP contribution < -0.4 is 10.5 Å². The molecule has 0 amide bonds. The van der Waals surface area contributed by atoms with Gasteiger partial charge in [0.15, 0.2) is 5.69 Å². The quantitative estimate of drug-likeness (QED) is 0.513. The van der Waals surface area contributed by atoms with Gasteiger partial charge in [0.05, 0.1) is 22.9 Å². The fraction of sp³-hybridized carbons (Fsp3) is 0.231. The van der Waals surface area contributed by atoms with E-state index >= 15 is 0 Å². The van der Waals surface area contributed by atoms with Crippen LogP contribution in [0.3, 0.4) is 0 Å². The Balaban J connectivity index is 2.37. The van der Waals surface area contributed by atoms with E-state index in [-0.39, 0.29) is 17.5 Å². The summed E-state index contributed by atoms with van der Waals surface area (Å²) in [6.45, 7) is 3.88. The molecule has 0 aliphatic carbocycles. The van der Waals surface area contributed by atoms with Crippen LogP contribution in [0.15, 0.2) is 34.5 Å². The molecule has 0 saturated heterocycles. The topological polar surface area (TPSA) is 129 Å². The number of non-ortho nitro benzene ring substituents is 1. The molecule has 1 heterocycles. The van der Waals surface area contributed by atoms with E-state index in [2.05, 4.69) is 20.2 Å². The molecule has 2 rings (SSSR count). The van der Waals surface area contributed by atoms with Crippen molar-refractivity contribution >= 4 is 23.0 Å². The number of nitrogens with two attached hydrogens (primary N) is 1. The van der Waals surface area contributed by atoms with E-state index in [0.29, 0.717) is 23.7 Å². The van der Waals surface area contributed by atoms with Crippen LogP contribution in [-0.4, -0.2) is 21.5 Å². The first-order chi connectivity index (χ1) is 10.5. The van der Waals surface area contributed by atoms with Crippen LogP contribution in [0, 0.1) is 17.0 Å². The van der Waals surface area contributed by atoms with E-state index in [4.69, 9.17) is 10.5 Å². The van der Waals surface area contributed by atoms with Crippen molar-refractivity contribution in [3.05, 3.63) is 40.1 Å². The number of anilines is 1. The summed E-state index contributed by atoms with van der Waals surface area (Å²) in [6, 6.07) is 5.83. The third-order valence-electron chi connectivity index (χ3n) is 2.63. The van der Waals surface area contributed by atoms with Crippen LogP contribution in [0.2, 0.25) is 0 Å². The lowest BCUT2D eigenvalue weighted by Gasteiger charge is -2.07. The van der Waals surface area contributed by atoms with Crippen LogP contribution in [0.1, 0.15) is 12.6 Å². The molecule has 0 spiro atoms. The molecule has 9 nitrogen and oxygen atoms in total. The molecule has 114 valence electrons. The van der Waals surface area contributed by atoms with Gasteiger partial charge in [-0.25, -0.2) is 4.98 Å². The summed E-state index contributed by atoms with van der Waals surface area (Å²) in [5.74, 6) is 0.303. The van der Waals surface area contributed by atoms with Crippen LogP contribution in [0.5, 0.6) is 5.88 Å². The predicted octanol–water partition coefficient (Wildman–Crippen LogP) is 3.09. The lowest BCUT2D eigenvalue weighted by molar-refractivity contribution is -0.384.